The molecule has 0 aliphatic carbocycles. The normalized spacial score (nSPS) is 16.8. The largest absolute Gasteiger partial charge is 0.344 e. The Morgan fingerprint density at radius 3 is 2.73 bits per heavy atom. The van der Waals surface area contributed by atoms with Crippen LogP contribution in [0.1, 0.15) is 22.4 Å². The first kappa shape index (κ1) is 21.7. The smallest absolute Gasteiger partial charge is 0.283 e. The Kier molecular flexibility index (Phi) is 5.70. The molecule has 2 aliphatic rings. The molecule has 164 valence electrons. The number of fused-ring (bicyclic) bond motifs is 1. The van der Waals surface area contributed by atoms with Gasteiger partial charge in [-0.25, -0.2) is 0 Å². The van der Waals surface area contributed by atoms with Crippen molar-refractivity contribution in [3.8, 4) is 0 Å². The molecule has 6 nitrogen and oxygen atoms in total. The Bertz CT molecular complexity index is 1410. The van der Waals surface area contributed by atoms with E-state index in [4.69, 9.17) is 28.6 Å². The minimum absolute atomic E-state index is 0.00226. The highest BCUT2D eigenvalue weighted by molar-refractivity contribution is 8.27. The van der Waals surface area contributed by atoms with Crippen molar-refractivity contribution in [2.45, 2.75) is 13.5 Å². The van der Waals surface area contributed by atoms with Gasteiger partial charge in [0.15, 0.2) is 5.84 Å². The standard InChI is InChI=1S/C24H17Cl2N5OS/c1-14-4-2-5-16(10-14)23-29-31-21(27)18(22(32)28-24(31)33-23)12-17-6-3-9-30(17)13-15-7-8-19(25)20(26)11-15/h2-12,27H,13H2,1H3/b18-12-,27-21?. The molecule has 0 spiro atoms. The van der Waals surface area contributed by atoms with Gasteiger partial charge in [0.05, 0.1) is 15.6 Å². The van der Waals surface area contributed by atoms with E-state index < -0.39 is 5.91 Å². The molecule has 3 heterocycles. The van der Waals surface area contributed by atoms with Gasteiger partial charge < -0.3 is 4.57 Å². The summed E-state index contributed by atoms with van der Waals surface area (Å²) < 4.78 is 1.96. The van der Waals surface area contributed by atoms with Gasteiger partial charge in [-0.3, -0.25) is 10.2 Å². The Morgan fingerprint density at radius 1 is 1.09 bits per heavy atom. The van der Waals surface area contributed by atoms with Gasteiger partial charge in [0.1, 0.15) is 5.04 Å². The molecule has 0 saturated heterocycles. The molecule has 0 bridgehead atoms. The van der Waals surface area contributed by atoms with Gasteiger partial charge in [-0.2, -0.15) is 15.1 Å². The third kappa shape index (κ3) is 4.27. The van der Waals surface area contributed by atoms with E-state index in [0.29, 0.717) is 26.8 Å². The maximum atomic E-state index is 12.8. The summed E-state index contributed by atoms with van der Waals surface area (Å²) in [5.41, 5.74) is 3.95. The van der Waals surface area contributed by atoms with Crippen molar-refractivity contribution in [3.05, 3.63) is 98.8 Å². The van der Waals surface area contributed by atoms with Crippen molar-refractivity contribution in [2.75, 3.05) is 0 Å². The fourth-order valence-electron chi connectivity index (χ4n) is 3.57. The van der Waals surface area contributed by atoms with Crippen molar-refractivity contribution in [3.63, 3.8) is 0 Å². The summed E-state index contributed by atoms with van der Waals surface area (Å²) >= 11 is 13.5. The third-order valence-electron chi connectivity index (χ3n) is 5.21. The average molecular weight is 494 g/mol. The van der Waals surface area contributed by atoms with E-state index in [0.717, 1.165) is 22.4 Å². The maximum Gasteiger partial charge on any atom is 0.283 e. The van der Waals surface area contributed by atoms with Gasteiger partial charge in [0.2, 0.25) is 5.17 Å². The number of aliphatic imine (C=N–C) groups is 1. The molecular formula is C24H17Cl2N5OS. The fraction of sp³-hybridized carbons (Fsp3) is 0.0833. The number of halogens is 2. The molecule has 0 fully saturated rings. The zero-order chi connectivity index (χ0) is 23.1. The van der Waals surface area contributed by atoms with Crippen molar-refractivity contribution >= 4 is 63.0 Å². The number of aryl methyl sites for hydroxylation is 1. The second kappa shape index (κ2) is 8.67. The van der Waals surface area contributed by atoms with Crippen LogP contribution in [0.25, 0.3) is 6.08 Å². The third-order valence-corrected chi connectivity index (χ3v) is 6.91. The number of carbonyl (C=O) groups excluding carboxylic acids is 1. The molecular weight excluding hydrogens is 477 g/mol. The van der Waals surface area contributed by atoms with Crippen LogP contribution in [0.3, 0.4) is 0 Å². The van der Waals surface area contributed by atoms with Gasteiger partial charge >= 0.3 is 0 Å². The number of amides is 1. The summed E-state index contributed by atoms with van der Waals surface area (Å²) in [7, 11) is 0. The lowest BCUT2D eigenvalue weighted by atomic mass is 10.1. The van der Waals surface area contributed by atoms with Crippen LogP contribution in [0, 0.1) is 12.3 Å². The maximum absolute atomic E-state index is 12.8. The molecule has 9 heteroatoms. The van der Waals surface area contributed by atoms with E-state index in [2.05, 4.69) is 10.1 Å². The van der Waals surface area contributed by atoms with E-state index in [1.165, 1.54) is 16.8 Å². The van der Waals surface area contributed by atoms with E-state index in [1.807, 2.05) is 66.2 Å². The number of hydrogen-bond acceptors (Lipinski definition) is 4. The second-order valence-electron chi connectivity index (χ2n) is 7.60. The Hall–Kier alpha value is -3.13. The van der Waals surface area contributed by atoms with Crippen LogP contribution in [0.2, 0.25) is 10.0 Å². The topological polar surface area (TPSA) is 73.8 Å². The highest BCUT2D eigenvalue weighted by Gasteiger charge is 2.36. The molecule has 1 N–H and O–H groups in total. The summed E-state index contributed by atoms with van der Waals surface area (Å²) in [4.78, 5) is 17.0. The van der Waals surface area contributed by atoms with Gasteiger partial charge in [-0.15, -0.1) is 0 Å². The van der Waals surface area contributed by atoms with Crippen molar-refractivity contribution in [1.29, 1.82) is 5.41 Å². The number of benzene rings is 2. The molecule has 0 radical (unpaired) electrons. The minimum atomic E-state index is -0.457. The van der Waals surface area contributed by atoms with Crippen molar-refractivity contribution < 1.29 is 4.79 Å². The molecule has 0 unspecified atom stereocenters. The van der Waals surface area contributed by atoms with E-state index in [9.17, 15) is 4.79 Å². The average Bonchev–Trinajstić information content (AvgIpc) is 3.41. The minimum Gasteiger partial charge on any atom is -0.344 e. The number of rotatable bonds is 4. The monoisotopic (exact) mass is 493 g/mol. The van der Waals surface area contributed by atoms with E-state index >= 15 is 0 Å². The number of carbonyl (C=O) groups is 1. The number of thioether (sulfide) groups is 1. The van der Waals surface area contributed by atoms with Gasteiger partial charge in [0.25, 0.3) is 5.91 Å². The van der Waals surface area contributed by atoms with Crippen LogP contribution in [-0.2, 0) is 11.3 Å². The molecule has 2 aromatic carbocycles. The van der Waals surface area contributed by atoms with Gasteiger partial charge in [-0.05, 0) is 60.7 Å². The predicted octanol–water partition coefficient (Wildman–Crippen LogP) is 5.82. The first-order chi connectivity index (χ1) is 15.9. The Balaban J connectivity index is 1.44. The van der Waals surface area contributed by atoms with Crippen molar-refractivity contribution in [2.24, 2.45) is 10.1 Å². The summed E-state index contributed by atoms with van der Waals surface area (Å²) in [5.74, 6) is -0.454. The number of nitrogens with one attached hydrogen (secondary N) is 1. The van der Waals surface area contributed by atoms with Crippen LogP contribution in [-0.4, -0.2) is 31.5 Å². The SMILES string of the molecule is Cc1cccc(C2=NN3C(=N)/C(=C/c4cccn4Cc4ccc(Cl)c(Cl)c4)C(=O)N=C3S2)c1. The molecule has 1 aromatic heterocycles. The summed E-state index contributed by atoms with van der Waals surface area (Å²) in [6.45, 7) is 2.54. The lowest BCUT2D eigenvalue weighted by Crippen LogP contribution is -2.35. The van der Waals surface area contributed by atoms with Gasteiger partial charge in [0, 0.05) is 24.0 Å². The zero-order valence-corrected chi connectivity index (χ0v) is 19.7. The van der Waals surface area contributed by atoms with E-state index in [1.54, 1.807) is 12.1 Å². The fourth-order valence-corrected chi connectivity index (χ4v) is 4.78. The van der Waals surface area contributed by atoms with Crippen LogP contribution in [0.15, 0.2) is 76.5 Å². The van der Waals surface area contributed by atoms with Gasteiger partial charge in [-0.1, -0.05) is 53.0 Å². The lowest BCUT2D eigenvalue weighted by molar-refractivity contribution is -0.114. The first-order valence-electron chi connectivity index (χ1n) is 10.1. The quantitative estimate of drug-likeness (QED) is 0.465. The zero-order valence-electron chi connectivity index (χ0n) is 17.4. The molecule has 5 rings (SSSR count). The molecule has 33 heavy (non-hydrogen) atoms. The number of aromatic nitrogens is 1. The highest BCUT2D eigenvalue weighted by Crippen LogP contribution is 2.31. The lowest BCUT2D eigenvalue weighted by Gasteiger charge is -2.20. The van der Waals surface area contributed by atoms with Crippen LogP contribution >= 0.6 is 35.0 Å². The Labute approximate surface area is 204 Å². The van der Waals surface area contributed by atoms with Crippen LogP contribution in [0.4, 0.5) is 0 Å². The van der Waals surface area contributed by atoms with Crippen molar-refractivity contribution in [1.82, 2.24) is 9.58 Å². The molecule has 2 aliphatic heterocycles. The van der Waals surface area contributed by atoms with E-state index in [-0.39, 0.29) is 11.4 Å². The molecule has 0 atom stereocenters. The van der Waals surface area contributed by atoms with Crippen LogP contribution < -0.4 is 0 Å². The second-order valence-corrected chi connectivity index (χ2v) is 9.37. The number of hydrazone groups is 1. The van der Waals surface area contributed by atoms with Crippen LogP contribution in [0.5, 0.6) is 0 Å². The molecule has 1 amide bonds. The number of amidine groups is 2. The summed E-state index contributed by atoms with van der Waals surface area (Å²) in [6, 6.07) is 17.2. The number of nitrogens with zero attached hydrogens (tertiary/aromatic N) is 4. The highest BCUT2D eigenvalue weighted by atomic mass is 35.5. The predicted molar refractivity (Wildman–Crippen MR) is 135 cm³/mol. The summed E-state index contributed by atoms with van der Waals surface area (Å²) in [5, 5.41) is 16.7. The molecule has 0 saturated carbocycles. The Morgan fingerprint density at radius 2 is 1.94 bits per heavy atom. The summed E-state index contributed by atoms with van der Waals surface area (Å²) in [6.07, 6.45) is 3.58. The molecule has 3 aromatic rings. The number of hydrogen-bond donors (Lipinski definition) is 1. The first-order valence-corrected chi connectivity index (χ1v) is 11.6.